The maximum Gasteiger partial charge on any atom is 0.326 e. The standard InChI is InChI=1S/C15H19NO5/c1-9-8-11(9)13-4-2-10(21-13)3-5-14(18)16-12(6-7-17)15(19)20/h2-5,9,11-12,17H,6-8H2,1H3,(H,16,18)(H,19,20)/b5-3+/t9?,11?,12-/m1/s1. The Morgan fingerprint density at radius 2 is 2.24 bits per heavy atom. The van der Waals surface area contributed by atoms with E-state index in [0.717, 1.165) is 12.2 Å². The number of nitrogens with one attached hydrogen (secondary N) is 1. The average Bonchev–Trinajstić information content (AvgIpc) is 2.99. The second kappa shape index (κ2) is 6.58. The summed E-state index contributed by atoms with van der Waals surface area (Å²) < 4.78 is 5.61. The Morgan fingerprint density at radius 1 is 1.52 bits per heavy atom. The normalized spacial score (nSPS) is 22.2. The molecule has 2 unspecified atom stereocenters. The Balaban J connectivity index is 1.89. The lowest BCUT2D eigenvalue weighted by atomic mass is 10.2. The maximum absolute atomic E-state index is 11.6. The Hall–Kier alpha value is -2.08. The van der Waals surface area contributed by atoms with E-state index in [9.17, 15) is 9.59 Å². The molecule has 1 saturated carbocycles. The summed E-state index contributed by atoms with van der Waals surface area (Å²) in [5.41, 5.74) is 0. The molecule has 1 heterocycles. The SMILES string of the molecule is CC1CC1c1ccc(/C=C/C(=O)N[C@H](CCO)C(=O)O)o1. The van der Waals surface area contributed by atoms with Crippen molar-refractivity contribution in [3.05, 3.63) is 29.7 Å². The molecule has 21 heavy (non-hydrogen) atoms. The predicted molar refractivity (Wildman–Crippen MR) is 75.5 cm³/mol. The molecule has 1 aromatic heterocycles. The number of aliphatic hydroxyl groups excluding tert-OH is 1. The van der Waals surface area contributed by atoms with Crippen molar-refractivity contribution >= 4 is 18.0 Å². The zero-order chi connectivity index (χ0) is 15.4. The van der Waals surface area contributed by atoms with E-state index in [1.54, 1.807) is 6.07 Å². The number of rotatable bonds is 7. The maximum atomic E-state index is 11.6. The third-order valence-corrected chi connectivity index (χ3v) is 3.55. The minimum Gasteiger partial charge on any atom is -0.480 e. The van der Waals surface area contributed by atoms with E-state index in [-0.39, 0.29) is 13.0 Å². The van der Waals surface area contributed by atoms with Crippen LogP contribution in [0.25, 0.3) is 6.08 Å². The van der Waals surface area contributed by atoms with Gasteiger partial charge in [-0.15, -0.1) is 0 Å². The van der Waals surface area contributed by atoms with Gasteiger partial charge in [0.1, 0.15) is 17.6 Å². The number of carboxylic acid groups (broad SMARTS) is 1. The molecule has 0 radical (unpaired) electrons. The van der Waals surface area contributed by atoms with Gasteiger partial charge in [0.05, 0.1) is 0 Å². The minimum absolute atomic E-state index is 0.0284. The van der Waals surface area contributed by atoms with Crippen LogP contribution in [0.4, 0.5) is 0 Å². The summed E-state index contributed by atoms with van der Waals surface area (Å²) in [5, 5.41) is 19.9. The van der Waals surface area contributed by atoms with E-state index in [0.29, 0.717) is 17.6 Å². The fourth-order valence-corrected chi connectivity index (χ4v) is 2.14. The molecule has 0 aromatic carbocycles. The van der Waals surface area contributed by atoms with E-state index in [1.165, 1.54) is 12.2 Å². The number of carboxylic acids is 1. The largest absolute Gasteiger partial charge is 0.480 e. The molecule has 0 aliphatic heterocycles. The van der Waals surface area contributed by atoms with E-state index in [4.69, 9.17) is 14.6 Å². The molecule has 1 aliphatic carbocycles. The third-order valence-electron chi connectivity index (χ3n) is 3.55. The lowest BCUT2D eigenvalue weighted by molar-refractivity contribution is -0.141. The molecule has 0 saturated heterocycles. The second-order valence-electron chi connectivity index (χ2n) is 5.30. The molecular weight excluding hydrogens is 274 g/mol. The average molecular weight is 293 g/mol. The number of carbonyl (C=O) groups is 2. The van der Waals surface area contributed by atoms with Gasteiger partial charge in [-0.2, -0.15) is 0 Å². The topological polar surface area (TPSA) is 99.8 Å². The molecule has 114 valence electrons. The number of furan rings is 1. The van der Waals surface area contributed by atoms with Crippen molar-refractivity contribution in [1.29, 1.82) is 0 Å². The quantitative estimate of drug-likeness (QED) is 0.659. The number of amides is 1. The van der Waals surface area contributed by atoms with Crippen molar-refractivity contribution in [2.45, 2.75) is 31.7 Å². The molecule has 1 aliphatic rings. The van der Waals surface area contributed by atoms with Crippen LogP contribution in [0, 0.1) is 5.92 Å². The lowest BCUT2D eigenvalue weighted by Gasteiger charge is -2.10. The van der Waals surface area contributed by atoms with Crippen LogP contribution in [0.2, 0.25) is 0 Å². The van der Waals surface area contributed by atoms with Crippen molar-refractivity contribution in [1.82, 2.24) is 5.32 Å². The summed E-state index contributed by atoms with van der Waals surface area (Å²) in [6.45, 7) is 1.85. The summed E-state index contributed by atoms with van der Waals surface area (Å²) in [6.07, 6.45) is 3.83. The molecule has 1 amide bonds. The first-order valence-corrected chi connectivity index (χ1v) is 6.93. The Kier molecular flexibility index (Phi) is 4.80. The van der Waals surface area contributed by atoms with E-state index in [2.05, 4.69) is 12.2 Å². The van der Waals surface area contributed by atoms with Crippen LogP contribution in [-0.2, 0) is 9.59 Å². The zero-order valence-electron chi connectivity index (χ0n) is 11.8. The molecule has 6 heteroatoms. The molecule has 3 N–H and O–H groups in total. The van der Waals surface area contributed by atoms with Gasteiger partial charge in [0.2, 0.25) is 5.91 Å². The number of hydrogen-bond donors (Lipinski definition) is 3. The highest BCUT2D eigenvalue weighted by Gasteiger charge is 2.36. The van der Waals surface area contributed by atoms with Crippen LogP contribution in [-0.4, -0.2) is 34.7 Å². The third kappa shape index (κ3) is 4.19. The molecule has 3 atom stereocenters. The van der Waals surface area contributed by atoms with E-state index >= 15 is 0 Å². The number of carbonyl (C=O) groups excluding carboxylic acids is 1. The zero-order valence-corrected chi connectivity index (χ0v) is 11.8. The van der Waals surface area contributed by atoms with Gasteiger partial charge in [0.25, 0.3) is 0 Å². The van der Waals surface area contributed by atoms with Crippen LogP contribution in [0.15, 0.2) is 22.6 Å². The highest BCUT2D eigenvalue weighted by Crippen LogP contribution is 2.47. The Bertz CT molecular complexity index is 548. The van der Waals surface area contributed by atoms with Crippen LogP contribution in [0.1, 0.15) is 37.2 Å². The van der Waals surface area contributed by atoms with Gasteiger partial charge in [-0.1, -0.05) is 6.92 Å². The lowest BCUT2D eigenvalue weighted by Crippen LogP contribution is -2.40. The van der Waals surface area contributed by atoms with Crippen LogP contribution in [0.3, 0.4) is 0 Å². The highest BCUT2D eigenvalue weighted by atomic mass is 16.4. The fraction of sp³-hybridized carbons (Fsp3) is 0.467. The number of hydrogen-bond acceptors (Lipinski definition) is 4. The van der Waals surface area contributed by atoms with Gasteiger partial charge < -0.3 is 19.9 Å². The number of aliphatic carboxylic acids is 1. The van der Waals surface area contributed by atoms with Crippen molar-refractivity contribution < 1.29 is 24.2 Å². The first-order valence-electron chi connectivity index (χ1n) is 6.93. The van der Waals surface area contributed by atoms with Gasteiger partial charge in [-0.25, -0.2) is 4.79 Å². The molecule has 1 aromatic rings. The monoisotopic (exact) mass is 293 g/mol. The van der Waals surface area contributed by atoms with Gasteiger partial charge in [0, 0.05) is 25.0 Å². The smallest absolute Gasteiger partial charge is 0.326 e. The first-order chi connectivity index (χ1) is 10.0. The summed E-state index contributed by atoms with van der Waals surface area (Å²) >= 11 is 0. The molecular formula is C15H19NO5. The second-order valence-corrected chi connectivity index (χ2v) is 5.30. The molecule has 2 rings (SSSR count). The number of aliphatic hydroxyl groups is 1. The molecule has 6 nitrogen and oxygen atoms in total. The van der Waals surface area contributed by atoms with Crippen LogP contribution in [0.5, 0.6) is 0 Å². The van der Waals surface area contributed by atoms with Gasteiger partial charge in [-0.05, 0) is 30.5 Å². The Labute approximate surface area is 122 Å². The van der Waals surface area contributed by atoms with Crippen molar-refractivity contribution in [3.63, 3.8) is 0 Å². The van der Waals surface area contributed by atoms with Crippen molar-refractivity contribution in [3.8, 4) is 0 Å². The van der Waals surface area contributed by atoms with Gasteiger partial charge in [0.15, 0.2) is 0 Å². The summed E-state index contributed by atoms with van der Waals surface area (Å²) in [4.78, 5) is 22.5. The molecule has 1 fully saturated rings. The van der Waals surface area contributed by atoms with Gasteiger partial charge in [-0.3, -0.25) is 4.79 Å². The predicted octanol–water partition coefficient (Wildman–Crippen LogP) is 1.37. The van der Waals surface area contributed by atoms with Crippen LogP contribution < -0.4 is 5.32 Å². The summed E-state index contributed by atoms with van der Waals surface area (Å²) in [7, 11) is 0. The fourth-order valence-electron chi connectivity index (χ4n) is 2.14. The van der Waals surface area contributed by atoms with Crippen molar-refractivity contribution in [2.75, 3.05) is 6.61 Å². The summed E-state index contributed by atoms with van der Waals surface area (Å²) in [6, 6.07) is 2.59. The molecule has 0 spiro atoms. The van der Waals surface area contributed by atoms with Crippen molar-refractivity contribution in [2.24, 2.45) is 5.92 Å². The van der Waals surface area contributed by atoms with Gasteiger partial charge >= 0.3 is 5.97 Å². The minimum atomic E-state index is -1.17. The van der Waals surface area contributed by atoms with E-state index < -0.39 is 17.9 Å². The highest BCUT2D eigenvalue weighted by molar-refractivity contribution is 5.94. The summed E-state index contributed by atoms with van der Waals surface area (Å²) in [5.74, 6) is 0.898. The molecule has 0 bridgehead atoms. The Morgan fingerprint density at radius 3 is 2.81 bits per heavy atom. The van der Waals surface area contributed by atoms with Crippen LogP contribution >= 0.6 is 0 Å². The first kappa shape index (κ1) is 15.3. The van der Waals surface area contributed by atoms with E-state index in [1.807, 2.05) is 6.07 Å².